The minimum absolute atomic E-state index is 0.108. The van der Waals surface area contributed by atoms with Crippen LogP contribution in [-0.4, -0.2) is 59.7 Å². The van der Waals surface area contributed by atoms with E-state index in [-0.39, 0.29) is 5.91 Å². The molecule has 0 aliphatic carbocycles. The fourth-order valence-electron chi connectivity index (χ4n) is 4.50. The molecule has 1 amide bonds. The molecule has 2 aromatic carbocycles. The Morgan fingerprint density at radius 1 is 1.06 bits per heavy atom. The van der Waals surface area contributed by atoms with E-state index in [0.29, 0.717) is 12.0 Å². The number of rotatable bonds is 5. The lowest BCUT2D eigenvalue weighted by Gasteiger charge is -2.29. The molecule has 7 nitrogen and oxygen atoms in total. The van der Waals surface area contributed by atoms with Gasteiger partial charge in [0.2, 0.25) is 5.95 Å². The summed E-state index contributed by atoms with van der Waals surface area (Å²) in [4.78, 5) is 26.2. The van der Waals surface area contributed by atoms with Crippen molar-refractivity contribution in [2.45, 2.75) is 25.8 Å². The van der Waals surface area contributed by atoms with E-state index in [1.807, 2.05) is 47.4 Å². The first kappa shape index (κ1) is 21.4. The van der Waals surface area contributed by atoms with Crippen LogP contribution >= 0.6 is 0 Å². The van der Waals surface area contributed by atoms with Gasteiger partial charge >= 0.3 is 0 Å². The van der Waals surface area contributed by atoms with E-state index in [4.69, 9.17) is 9.72 Å². The number of morpholine rings is 1. The third kappa shape index (κ3) is 4.83. The molecule has 0 unspecified atom stereocenters. The van der Waals surface area contributed by atoms with Gasteiger partial charge in [-0.3, -0.25) is 4.79 Å². The Morgan fingerprint density at radius 3 is 2.64 bits per heavy atom. The molecule has 2 fully saturated rings. The zero-order valence-electron chi connectivity index (χ0n) is 18.9. The smallest absolute Gasteiger partial charge is 0.254 e. The average molecular weight is 444 g/mol. The lowest BCUT2D eigenvalue weighted by molar-refractivity contribution is 0.0747. The molecule has 5 rings (SSSR count). The largest absolute Gasteiger partial charge is 0.378 e. The third-order valence-corrected chi connectivity index (χ3v) is 6.38. The molecule has 1 aromatic heterocycles. The van der Waals surface area contributed by atoms with Gasteiger partial charge in [0.25, 0.3) is 5.91 Å². The molecule has 0 bridgehead atoms. The topological polar surface area (TPSA) is 70.6 Å². The number of nitrogens with zero attached hydrogens (tertiary/aromatic N) is 4. The molecule has 2 saturated heterocycles. The first-order valence-electron chi connectivity index (χ1n) is 11.6. The van der Waals surface area contributed by atoms with Gasteiger partial charge in [0.05, 0.1) is 18.9 Å². The zero-order valence-corrected chi connectivity index (χ0v) is 18.9. The van der Waals surface area contributed by atoms with Crippen LogP contribution in [0.25, 0.3) is 11.3 Å². The van der Waals surface area contributed by atoms with Gasteiger partial charge in [0.1, 0.15) is 0 Å². The molecule has 0 saturated carbocycles. The Bertz CT molecular complexity index is 1110. The number of anilines is 3. The van der Waals surface area contributed by atoms with Crippen LogP contribution in [0, 0.1) is 0 Å². The van der Waals surface area contributed by atoms with E-state index in [1.165, 1.54) is 0 Å². The third-order valence-electron chi connectivity index (χ3n) is 6.38. The summed E-state index contributed by atoms with van der Waals surface area (Å²) in [6, 6.07) is 18.2. The van der Waals surface area contributed by atoms with Crippen LogP contribution in [0.15, 0.2) is 60.8 Å². The fourth-order valence-corrected chi connectivity index (χ4v) is 4.50. The van der Waals surface area contributed by atoms with Crippen molar-refractivity contribution in [3.8, 4) is 11.3 Å². The molecule has 3 heterocycles. The highest BCUT2D eigenvalue weighted by Crippen LogP contribution is 2.25. The molecule has 0 radical (unpaired) electrons. The molecule has 3 aromatic rings. The summed E-state index contributed by atoms with van der Waals surface area (Å²) in [6.45, 7) is 6.25. The maximum atomic E-state index is 12.8. The lowest BCUT2D eigenvalue weighted by atomic mass is 10.1. The summed E-state index contributed by atoms with van der Waals surface area (Å²) in [5.74, 6) is 0.648. The standard InChI is InChI=1S/C26H29N5O2/c1-19-4-3-13-31(19)25(32)21-9-7-20(8-10-21)24-11-12-27-26(29-24)28-22-5-2-6-23(18-22)30-14-16-33-17-15-30/h2,5-12,18-19H,3-4,13-17H2,1H3,(H,27,28,29)/t19-/m1/s1. The van der Waals surface area contributed by atoms with Gasteiger partial charge < -0.3 is 19.9 Å². The average Bonchev–Trinajstić information content (AvgIpc) is 3.30. The number of likely N-dealkylation sites (tertiary alicyclic amines) is 1. The molecule has 1 N–H and O–H groups in total. The second kappa shape index (κ2) is 9.58. The number of carbonyl (C=O) groups excluding carboxylic acids is 1. The lowest BCUT2D eigenvalue weighted by Crippen LogP contribution is -2.36. The first-order valence-corrected chi connectivity index (χ1v) is 11.6. The van der Waals surface area contributed by atoms with Crippen molar-refractivity contribution in [1.82, 2.24) is 14.9 Å². The minimum atomic E-state index is 0.108. The molecule has 7 heteroatoms. The van der Waals surface area contributed by atoms with Gasteiger partial charge in [-0.15, -0.1) is 0 Å². The Hall–Kier alpha value is -3.45. The SMILES string of the molecule is C[C@@H]1CCCN1C(=O)c1ccc(-c2ccnc(Nc3cccc(N4CCOCC4)c3)n2)cc1. The van der Waals surface area contributed by atoms with E-state index >= 15 is 0 Å². The monoisotopic (exact) mass is 443 g/mol. The maximum Gasteiger partial charge on any atom is 0.254 e. The number of hydrogen-bond donors (Lipinski definition) is 1. The molecule has 1 atom stereocenters. The van der Waals surface area contributed by atoms with E-state index in [1.54, 1.807) is 6.20 Å². The van der Waals surface area contributed by atoms with E-state index in [2.05, 4.69) is 34.3 Å². The molecular weight excluding hydrogens is 414 g/mol. The molecule has 33 heavy (non-hydrogen) atoms. The Balaban J connectivity index is 1.30. The Kier molecular flexibility index (Phi) is 6.21. The molecule has 170 valence electrons. The summed E-state index contributed by atoms with van der Waals surface area (Å²) in [5, 5.41) is 3.32. The van der Waals surface area contributed by atoms with Crippen molar-refractivity contribution in [1.29, 1.82) is 0 Å². The number of benzene rings is 2. The fraction of sp³-hybridized carbons (Fsp3) is 0.346. The molecule has 2 aliphatic heterocycles. The summed E-state index contributed by atoms with van der Waals surface area (Å²) < 4.78 is 5.45. The van der Waals surface area contributed by atoms with Crippen molar-refractivity contribution in [3.63, 3.8) is 0 Å². The first-order chi connectivity index (χ1) is 16.2. The Labute approximate surface area is 194 Å². The summed E-state index contributed by atoms with van der Waals surface area (Å²) in [5.41, 5.74) is 4.59. The summed E-state index contributed by atoms with van der Waals surface area (Å²) in [7, 11) is 0. The van der Waals surface area contributed by atoms with Crippen molar-refractivity contribution >= 4 is 23.2 Å². The normalized spacial score (nSPS) is 18.4. The van der Waals surface area contributed by atoms with Crippen LogP contribution in [0.5, 0.6) is 0 Å². The van der Waals surface area contributed by atoms with E-state index in [9.17, 15) is 4.79 Å². The van der Waals surface area contributed by atoms with Crippen LogP contribution < -0.4 is 10.2 Å². The van der Waals surface area contributed by atoms with Crippen molar-refractivity contribution in [2.24, 2.45) is 0 Å². The Morgan fingerprint density at radius 2 is 1.88 bits per heavy atom. The van der Waals surface area contributed by atoms with Crippen LogP contribution in [0.3, 0.4) is 0 Å². The van der Waals surface area contributed by atoms with Gasteiger partial charge in [0, 0.05) is 54.4 Å². The van der Waals surface area contributed by atoms with E-state index in [0.717, 1.165) is 73.9 Å². The van der Waals surface area contributed by atoms with Gasteiger partial charge in [0.15, 0.2) is 0 Å². The van der Waals surface area contributed by atoms with Crippen molar-refractivity contribution in [3.05, 3.63) is 66.4 Å². The zero-order chi connectivity index (χ0) is 22.6. The molecule has 0 spiro atoms. The molecule has 2 aliphatic rings. The van der Waals surface area contributed by atoms with Gasteiger partial charge in [-0.2, -0.15) is 0 Å². The number of ether oxygens (including phenoxy) is 1. The quantitative estimate of drug-likeness (QED) is 0.632. The highest BCUT2D eigenvalue weighted by atomic mass is 16.5. The highest BCUT2D eigenvalue weighted by molar-refractivity contribution is 5.95. The summed E-state index contributed by atoms with van der Waals surface area (Å²) in [6.07, 6.45) is 3.91. The van der Waals surface area contributed by atoms with Crippen LogP contribution in [-0.2, 0) is 4.74 Å². The number of amides is 1. The van der Waals surface area contributed by atoms with Gasteiger partial charge in [-0.05, 0) is 56.2 Å². The second-order valence-electron chi connectivity index (χ2n) is 8.61. The van der Waals surface area contributed by atoms with Crippen LogP contribution in [0.1, 0.15) is 30.1 Å². The number of hydrogen-bond acceptors (Lipinski definition) is 6. The van der Waals surface area contributed by atoms with E-state index < -0.39 is 0 Å². The van der Waals surface area contributed by atoms with Crippen LogP contribution in [0.2, 0.25) is 0 Å². The minimum Gasteiger partial charge on any atom is -0.378 e. The highest BCUT2D eigenvalue weighted by Gasteiger charge is 2.25. The predicted molar refractivity (Wildman–Crippen MR) is 130 cm³/mol. The van der Waals surface area contributed by atoms with Crippen LogP contribution in [0.4, 0.5) is 17.3 Å². The van der Waals surface area contributed by atoms with Crippen molar-refractivity contribution in [2.75, 3.05) is 43.1 Å². The van der Waals surface area contributed by atoms with Gasteiger partial charge in [-0.1, -0.05) is 18.2 Å². The second-order valence-corrected chi connectivity index (χ2v) is 8.61. The molecular formula is C26H29N5O2. The number of carbonyl (C=O) groups is 1. The summed E-state index contributed by atoms with van der Waals surface area (Å²) >= 11 is 0. The maximum absolute atomic E-state index is 12.8. The number of nitrogens with one attached hydrogen (secondary N) is 1. The predicted octanol–water partition coefficient (Wildman–Crippen LogP) is 4.35. The van der Waals surface area contributed by atoms with Gasteiger partial charge in [-0.25, -0.2) is 9.97 Å². The number of aromatic nitrogens is 2. The van der Waals surface area contributed by atoms with Crippen molar-refractivity contribution < 1.29 is 9.53 Å².